The number of hydrogen-bond donors (Lipinski definition) is 0. The van der Waals surface area contributed by atoms with Crippen molar-refractivity contribution in [1.29, 1.82) is 0 Å². The number of phosphoric ester groups is 1. The number of unbranched alkanes of at least 4 members (excludes halogenated alkanes) is 17. The van der Waals surface area contributed by atoms with E-state index >= 15 is 0 Å². The van der Waals surface area contributed by atoms with Crippen molar-refractivity contribution in [3.63, 3.8) is 0 Å². The minimum Gasteiger partial charge on any atom is -0.756 e. The number of allylic oxidation sites excluding steroid dienone is 10. The normalized spacial score (nSPS) is 14.1. The Bertz CT molecular complexity index is 1170. The molecule has 0 spiro atoms. The van der Waals surface area contributed by atoms with Crippen LogP contribution in [0.4, 0.5) is 0 Å². The highest BCUT2D eigenvalue weighted by Crippen LogP contribution is 2.38. The van der Waals surface area contributed by atoms with Crippen LogP contribution in [0.25, 0.3) is 0 Å². The lowest BCUT2D eigenvalue weighted by Crippen LogP contribution is -2.37. The van der Waals surface area contributed by atoms with Crippen LogP contribution in [-0.4, -0.2) is 70.0 Å². The summed E-state index contributed by atoms with van der Waals surface area (Å²) in [6.45, 7) is 4.14. The van der Waals surface area contributed by atoms with E-state index in [4.69, 9.17) is 18.5 Å². The second kappa shape index (κ2) is 40.1. The molecule has 0 aliphatic carbocycles. The van der Waals surface area contributed by atoms with Gasteiger partial charge in [0.15, 0.2) is 6.10 Å². The summed E-state index contributed by atoms with van der Waals surface area (Å²) in [5.74, 6) is -0.878. The molecule has 0 heterocycles. The van der Waals surface area contributed by atoms with Crippen LogP contribution >= 0.6 is 7.82 Å². The lowest BCUT2D eigenvalue weighted by molar-refractivity contribution is -0.870. The van der Waals surface area contributed by atoms with Crippen molar-refractivity contribution in [3.8, 4) is 0 Å². The van der Waals surface area contributed by atoms with E-state index in [9.17, 15) is 19.0 Å². The molecule has 0 fully saturated rings. The van der Waals surface area contributed by atoms with Gasteiger partial charge in [-0.1, -0.05) is 145 Å². The monoisotopic (exact) mass is 836 g/mol. The molecule has 0 aliphatic heterocycles. The first kappa shape index (κ1) is 55.7. The Kier molecular flexibility index (Phi) is 38.5. The van der Waals surface area contributed by atoms with Crippen molar-refractivity contribution in [3.05, 3.63) is 60.8 Å². The number of likely N-dealkylation sites (N-methyl/N-ethyl adjacent to an activating group) is 1. The molecule has 0 aliphatic rings. The van der Waals surface area contributed by atoms with Crippen molar-refractivity contribution < 1.29 is 42.1 Å². The fourth-order valence-electron chi connectivity index (χ4n) is 5.87. The van der Waals surface area contributed by atoms with Gasteiger partial charge in [0.2, 0.25) is 0 Å². The molecular formula is C48H86NO8P. The second-order valence-corrected chi connectivity index (χ2v) is 17.8. The molecule has 0 N–H and O–H groups in total. The zero-order valence-corrected chi connectivity index (χ0v) is 38.6. The van der Waals surface area contributed by atoms with Crippen LogP contribution in [0.1, 0.15) is 181 Å². The standard InChI is InChI=1S/C48H86NO8P/c1-6-8-10-12-14-16-18-20-22-23-24-25-27-29-31-33-35-37-39-41-48(51)57-46(45-56-58(52,53)55-43-42-49(3,4)5)44-54-47(50)40-38-36-34-32-30-28-26-21-19-17-15-13-11-9-7-2/h14,16-17,19-20,22,24-25,29,31,46H,6-13,15,18,21,23,26-28,30,32-45H2,1-5H3/b16-14+,19-17+,22-20+,25-24+,31-29+/t46-/m1/s1. The van der Waals surface area contributed by atoms with Gasteiger partial charge in [-0.25, -0.2) is 0 Å². The summed E-state index contributed by atoms with van der Waals surface area (Å²) in [5, 5.41) is 0. The predicted molar refractivity (Wildman–Crippen MR) is 240 cm³/mol. The van der Waals surface area contributed by atoms with Gasteiger partial charge in [-0.3, -0.25) is 14.2 Å². The molecule has 0 amide bonds. The average Bonchev–Trinajstić information content (AvgIpc) is 3.17. The molecule has 0 bridgehead atoms. The van der Waals surface area contributed by atoms with E-state index in [0.717, 1.165) is 70.6 Å². The SMILES string of the molecule is CCCCC/C=C/C/C=C/C/C=C/C/C=C/CCCCCC(=O)O[C@H](COC(=O)CCCCCCCCC/C=C/CCCCCC)COP(=O)([O-])OCC[N+](C)(C)C. The van der Waals surface area contributed by atoms with Crippen LogP contribution in [0.5, 0.6) is 0 Å². The molecule has 0 radical (unpaired) electrons. The third-order valence-electron chi connectivity index (χ3n) is 9.51. The van der Waals surface area contributed by atoms with Crippen LogP contribution in [0.15, 0.2) is 60.8 Å². The molecule has 2 atom stereocenters. The zero-order chi connectivity index (χ0) is 42.8. The maximum absolute atomic E-state index is 12.7. The smallest absolute Gasteiger partial charge is 0.306 e. The summed E-state index contributed by atoms with van der Waals surface area (Å²) < 4.78 is 33.9. The highest BCUT2D eigenvalue weighted by molar-refractivity contribution is 7.45. The number of nitrogens with zero attached hydrogens (tertiary/aromatic N) is 1. The molecular weight excluding hydrogens is 750 g/mol. The van der Waals surface area contributed by atoms with Gasteiger partial charge < -0.3 is 27.9 Å². The predicted octanol–water partition coefficient (Wildman–Crippen LogP) is 12.6. The van der Waals surface area contributed by atoms with E-state index in [1.165, 1.54) is 77.0 Å². The third-order valence-corrected chi connectivity index (χ3v) is 10.5. The number of esters is 2. The van der Waals surface area contributed by atoms with E-state index in [1.807, 2.05) is 21.1 Å². The number of carbonyl (C=O) groups excluding carboxylic acids is 2. The first-order valence-electron chi connectivity index (χ1n) is 23.0. The average molecular weight is 836 g/mol. The van der Waals surface area contributed by atoms with Crippen LogP contribution in [-0.2, 0) is 32.7 Å². The zero-order valence-electron chi connectivity index (χ0n) is 37.7. The van der Waals surface area contributed by atoms with E-state index in [0.29, 0.717) is 17.4 Å². The Hall–Kier alpha value is -2.29. The molecule has 0 rings (SSSR count). The van der Waals surface area contributed by atoms with Gasteiger partial charge in [0, 0.05) is 12.8 Å². The lowest BCUT2D eigenvalue weighted by atomic mass is 10.1. The summed E-state index contributed by atoms with van der Waals surface area (Å²) in [6.07, 6.45) is 48.1. The molecule has 0 aromatic rings. The van der Waals surface area contributed by atoms with Crippen molar-refractivity contribution in [2.45, 2.75) is 187 Å². The van der Waals surface area contributed by atoms with Crippen LogP contribution in [0.3, 0.4) is 0 Å². The van der Waals surface area contributed by atoms with Crippen molar-refractivity contribution in [2.75, 3.05) is 47.5 Å². The fourth-order valence-corrected chi connectivity index (χ4v) is 6.60. The first-order chi connectivity index (χ1) is 28.0. The minimum absolute atomic E-state index is 0.0403. The molecule has 0 saturated heterocycles. The molecule has 58 heavy (non-hydrogen) atoms. The Balaban J connectivity index is 4.42. The van der Waals surface area contributed by atoms with E-state index in [-0.39, 0.29) is 26.1 Å². The quantitative estimate of drug-likeness (QED) is 0.0197. The molecule has 1 unspecified atom stereocenters. The molecule has 0 aromatic heterocycles. The van der Waals surface area contributed by atoms with Gasteiger partial charge in [-0.05, 0) is 83.5 Å². The molecule has 0 saturated carbocycles. The van der Waals surface area contributed by atoms with Crippen LogP contribution in [0, 0.1) is 0 Å². The summed E-state index contributed by atoms with van der Waals surface area (Å²) in [4.78, 5) is 37.6. The van der Waals surface area contributed by atoms with Crippen LogP contribution in [0.2, 0.25) is 0 Å². The number of rotatable bonds is 41. The largest absolute Gasteiger partial charge is 0.756 e. The molecule has 9 nitrogen and oxygen atoms in total. The topological polar surface area (TPSA) is 111 Å². The third kappa shape index (κ3) is 43.3. The van der Waals surface area contributed by atoms with E-state index < -0.39 is 32.5 Å². The lowest BCUT2D eigenvalue weighted by Gasteiger charge is -2.28. The first-order valence-corrected chi connectivity index (χ1v) is 24.5. The van der Waals surface area contributed by atoms with Gasteiger partial charge in [0.05, 0.1) is 27.7 Å². The number of ether oxygens (including phenoxy) is 2. The Morgan fingerprint density at radius 2 is 0.931 bits per heavy atom. The minimum atomic E-state index is -4.64. The Labute approximate surface area is 356 Å². The van der Waals surface area contributed by atoms with Gasteiger partial charge in [0.25, 0.3) is 7.82 Å². The number of quaternary nitrogens is 1. The van der Waals surface area contributed by atoms with Crippen molar-refractivity contribution >= 4 is 19.8 Å². The van der Waals surface area contributed by atoms with Gasteiger partial charge in [-0.15, -0.1) is 0 Å². The second-order valence-electron chi connectivity index (χ2n) is 16.4. The summed E-state index contributed by atoms with van der Waals surface area (Å²) in [6, 6.07) is 0. The highest BCUT2D eigenvalue weighted by Gasteiger charge is 2.21. The fraction of sp³-hybridized carbons (Fsp3) is 0.750. The van der Waals surface area contributed by atoms with Gasteiger partial charge >= 0.3 is 11.9 Å². The number of hydrogen-bond acceptors (Lipinski definition) is 8. The molecule has 336 valence electrons. The maximum Gasteiger partial charge on any atom is 0.306 e. The highest BCUT2D eigenvalue weighted by atomic mass is 31.2. The van der Waals surface area contributed by atoms with E-state index in [1.54, 1.807) is 0 Å². The summed E-state index contributed by atoms with van der Waals surface area (Å²) in [5.41, 5.74) is 0. The Morgan fingerprint density at radius 1 is 0.534 bits per heavy atom. The number of phosphoric acid groups is 1. The van der Waals surface area contributed by atoms with Crippen molar-refractivity contribution in [1.82, 2.24) is 0 Å². The maximum atomic E-state index is 12.7. The number of carbonyl (C=O) groups is 2. The summed E-state index contributed by atoms with van der Waals surface area (Å²) >= 11 is 0. The summed E-state index contributed by atoms with van der Waals surface area (Å²) in [7, 11) is 1.13. The molecule has 0 aromatic carbocycles. The van der Waals surface area contributed by atoms with Gasteiger partial charge in [-0.2, -0.15) is 0 Å². The Morgan fingerprint density at radius 3 is 1.45 bits per heavy atom. The van der Waals surface area contributed by atoms with E-state index in [2.05, 4.69) is 74.6 Å². The molecule has 10 heteroatoms. The van der Waals surface area contributed by atoms with Gasteiger partial charge in [0.1, 0.15) is 19.8 Å². The van der Waals surface area contributed by atoms with Crippen molar-refractivity contribution in [2.24, 2.45) is 0 Å². The van der Waals surface area contributed by atoms with Crippen LogP contribution < -0.4 is 4.89 Å².